The number of nitrogens with one attached hydrogen (secondary N) is 1. The Morgan fingerprint density at radius 1 is 1.32 bits per heavy atom. The summed E-state index contributed by atoms with van der Waals surface area (Å²) in [7, 11) is 1.64. The van der Waals surface area contributed by atoms with E-state index >= 15 is 0 Å². The minimum Gasteiger partial charge on any atom is -0.496 e. The number of para-hydroxylation sites is 1. The summed E-state index contributed by atoms with van der Waals surface area (Å²) in [6.07, 6.45) is 2.01. The van der Waals surface area contributed by atoms with Gasteiger partial charge in [0.15, 0.2) is 0 Å². The predicted octanol–water partition coefficient (Wildman–Crippen LogP) is 1.14. The third-order valence-corrected chi connectivity index (χ3v) is 4.05. The number of piperidine rings is 1. The lowest BCUT2D eigenvalue weighted by Crippen LogP contribution is -2.46. The van der Waals surface area contributed by atoms with Crippen molar-refractivity contribution in [2.24, 2.45) is 11.7 Å². The molecule has 0 unspecified atom stereocenters. The van der Waals surface area contributed by atoms with Crippen molar-refractivity contribution in [3.8, 4) is 5.75 Å². The summed E-state index contributed by atoms with van der Waals surface area (Å²) in [5.74, 6) is 0.466. The molecule has 1 aromatic carbocycles. The van der Waals surface area contributed by atoms with Crippen molar-refractivity contribution in [1.82, 2.24) is 10.2 Å². The van der Waals surface area contributed by atoms with Crippen LogP contribution in [0, 0.1) is 5.92 Å². The lowest BCUT2D eigenvalue weighted by molar-refractivity contribution is -0.123. The number of likely N-dealkylation sites (tertiary alicyclic amines) is 1. The lowest BCUT2D eigenvalue weighted by Gasteiger charge is -2.30. The summed E-state index contributed by atoms with van der Waals surface area (Å²) >= 11 is 0. The number of hydrogen-bond donors (Lipinski definition) is 2. The van der Waals surface area contributed by atoms with E-state index in [1.54, 1.807) is 12.0 Å². The van der Waals surface area contributed by atoms with E-state index in [4.69, 9.17) is 10.5 Å². The van der Waals surface area contributed by atoms with Crippen molar-refractivity contribution in [2.75, 3.05) is 26.7 Å². The Morgan fingerprint density at radius 3 is 2.64 bits per heavy atom. The second-order valence-electron chi connectivity index (χ2n) is 5.46. The number of rotatable bonds is 5. The number of methoxy groups -OCH3 is 1. The van der Waals surface area contributed by atoms with Crippen LogP contribution >= 0.6 is 0 Å². The first-order valence-corrected chi connectivity index (χ1v) is 7.55. The number of nitrogens with zero attached hydrogens (tertiary/aromatic N) is 1. The second-order valence-corrected chi connectivity index (χ2v) is 5.46. The molecule has 3 amide bonds. The Labute approximate surface area is 130 Å². The van der Waals surface area contributed by atoms with Gasteiger partial charge in [-0.1, -0.05) is 18.2 Å². The van der Waals surface area contributed by atoms with Gasteiger partial charge in [0.1, 0.15) is 5.75 Å². The van der Waals surface area contributed by atoms with Crippen LogP contribution in [0.15, 0.2) is 24.3 Å². The van der Waals surface area contributed by atoms with E-state index in [1.807, 2.05) is 24.3 Å². The minimum absolute atomic E-state index is 0.0854. The van der Waals surface area contributed by atoms with Crippen LogP contribution in [0.4, 0.5) is 4.79 Å². The average Bonchev–Trinajstić information content (AvgIpc) is 2.55. The van der Waals surface area contributed by atoms with Gasteiger partial charge in [0, 0.05) is 25.6 Å². The molecule has 0 aromatic heterocycles. The maximum atomic E-state index is 12.1. The molecule has 1 aliphatic rings. The fourth-order valence-corrected chi connectivity index (χ4v) is 2.69. The van der Waals surface area contributed by atoms with Crippen LogP contribution in [0.5, 0.6) is 5.75 Å². The third-order valence-electron chi connectivity index (χ3n) is 4.05. The van der Waals surface area contributed by atoms with Crippen LogP contribution in [-0.4, -0.2) is 43.6 Å². The van der Waals surface area contributed by atoms with E-state index in [0.29, 0.717) is 38.9 Å². The fraction of sp³-hybridized carbons (Fsp3) is 0.500. The summed E-state index contributed by atoms with van der Waals surface area (Å²) in [5, 5.41) is 2.91. The van der Waals surface area contributed by atoms with E-state index in [2.05, 4.69) is 5.32 Å². The molecule has 0 spiro atoms. The number of amides is 3. The van der Waals surface area contributed by atoms with Crippen LogP contribution in [0.2, 0.25) is 0 Å². The van der Waals surface area contributed by atoms with E-state index in [0.717, 1.165) is 11.3 Å². The Kier molecular flexibility index (Phi) is 5.63. The van der Waals surface area contributed by atoms with Crippen molar-refractivity contribution in [1.29, 1.82) is 0 Å². The first kappa shape index (κ1) is 16.1. The standard InChI is InChI=1S/C16H23N3O3/c1-22-14-5-3-2-4-12(14)6-9-18-16(21)19-10-7-13(8-11-19)15(17)20/h2-5,13H,6-11H2,1H3,(H2,17,20)(H,18,21). The molecule has 0 saturated carbocycles. The molecule has 3 N–H and O–H groups in total. The first-order valence-electron chi connectivity index (χ1n) is 7.55. The van der Waals surface area contributed by atoms with Crippen molar-refractivity contribution >= 4 is 11.9 Å². The van der Waals surface area contributed by atoms with E-state index in [-0.39, 0.29) is 17.9 Å². The van der Waals surface area contributed by atoms with Gasteiger partial charge in [-0.15, -0.1) is 0 Å². The van der Waals surface area contributed by atoms with Gasteiger partial charge in [-0.3, -0.25) is 4.79 Å². The number of urea groups is 1. The molecule has 0 radical (unpaired) electrons. The summed E-state index contributed by atoms with van der Waals surface area (Å²) in [5.41, 5.74) is 6.36. The number of ether oxygens (including phenoxy) is 1. The van der Waals surface area contributed by atoms with Gasteiger partial charge in [-0.2, -0.15) is 0 Å². The molecule has 1 heterocycles. The van der Waals surface area contributed by atoms with E-state index in [9.17, 15) is 9.59 Å². The minimum atomic E-state index is -0.267. The summed E-state index contributed by atoms with van der Waals surface area (Å²) in [6, 6.07) is 7.69. The number of carbonyl (C=O) groups is 2. The molecule has 0 aliphatic carbocycles. The number of carbonyl (C=O) groups excluding carboxylic acids is 2. The number of primary amides is 1. The van der Waals surface area contributed by atoms with Gasteiger partial charge in [0.2, 0.25) is 5.91 Å². The molecule has 120 valence electrons. The molecule has 1 aromatic rings. The molecule has 2 rings (SSSR count). The molecular weight excluding hydrogens is 282 g/mol. The lowest BCUT2D eigenvalue weighted by atomic mass is 9.96. The molecule has 6 nitrogen and oxygen atoms in total. The largest absolute Gasteiger partial charge is 0.496 e. The molecule has 1 aliphatic heterocycles. The topological polar surface area (TPSA) is 84.7 Å². The van der Waals surface area contributed by atoms with Crippen LogP contribution in [0.25, 0.3) is 0 Å². The Balaban J connectivity index is 1.75. The number of hydrogen-bond acceptors (Lipinski definition) is 3. The molecule has 1 fully saturated rings. The summed E-state index contributed by atoms with van der Waals surface area (Å²) in [6.45, 7) is 1.71. The SMILES string of the molecule is COc1ccccc1CCNC(=O)N1CCC(C(N)=O)CC1. The third kappa shape index (κ3) is 4.13. The Hall–Kier alpha value is -2.24. The molecular formula is C16H23N3O3. The van der Waals surface area contributed by atoms with Crippen molar-refractivity contribution < 1.29 is 14.3 Å². The number of nitrogens with two attached hydrogens (primary N) is 1. The zero-order valence-corrected chi connectivity index (χ0v) is 12.9. The normalized spacial score (nSPS) is 15.4. The maximum absolute atomic E-state index is 12.1. The van der Waals surface area contributed by atoms with Crippen molar-refractivity contribution in [3.63, 3.8) is 0 Å². The highest BCUT2D eigenvalue weighted by molar-refractivity contribution is 5.78. The van der Waals surface area contributed by atoms with E-state index in [1.165, 1.54) is 0 Å². The quantitative estimate of drug-likeness (QED) is 0.855. The molecule has 1 saturated heterocycles. The zero-order valence-electron chi connectivity index (χ0n) is 12.9. The van der Waals surface area contributed by atoms with Crippen LogP contribution < -0.4 is 15.8 Å². The van der Waals surface area contributed by atoms with Gasteiger partial charge >= 0.3 is 6.03 Å². The van der Waals surface area contributed by atoms with Gasteiger partial charge in [-0.05, 0) is 30.9 Å². The Bertz CT molecular complexity index is 525. The van der Waals surface area contributed by atoms with Gasteiger partial charge < -0.3 is 20.7 Å². The average molecular weight is 305 g/mol. The zero-order chi connectivity index (χ0) is 15.9. The molecule has 0 bridgehead atoms. The van der Waals surface area contributed by atoms with Crippen LogP contribution in [0.1, 0.15) is 18.4 Å². The smallest absolute Gasteiger partial charge is 0.317 e. The Morgan fingerprint density at radius 2 is 2.00 bits per heavy atom. The van der Waals surface area contributed by atoms with E-state index < -0.39 is 0 Å². The van der Waals surface area contributed by atoms with Gasteiger partial charge in [0.05, 0.1) is 7.11 Å². The van der Waals surface area contributed by atoms with Gasteiger partial charge in [-0.25, -0.2) is 4.79 Å². The van der Waals surface area contributed by atoms with Crippen LogP contribution in [-0.2, 0) is 11.2 Å². The predicted molar refractivity (Wildman–Crippen MR) is 83.6 cm³/mol. The molecule has 22 heavy (non-hydrogen) atoms. The summed E-state index contributed by atoms with van der Waals surface area (Å²) in [4.78, 5) is 24.9. The van der Waals surface area contributed by atoms with Gasteiger partial charge in [0.25, 0.3) is 0 Å². The maximum Gasteiger partial charge on any atom is 0.317 e. The highest BCUT2D eigenvalue weighted by Crippen LogP contribution is 2.18. The monoisotopic (exact) mass is 305 g/mol. The highest BCUT2D eigenvalue weighted by Gasteiger charge is 2.25. The second kappa shape index (κ2) is 7.68. The summed E-state index contributed by atoms with van der Waals surface area (Å²) < 4.78 is 5.29. The molecule has 6 heteroatoms. The van der Waals surface area contributed by atoms with Crippen LogP contribution in [0.3, 0.4) is 0 Å². The van der Waals surface area contributed by atoms with Crippen molar-refractivity contribution in [3.05, 3.63) is 29.8 Å². The fourth-order valence-electron chi connectivity index (χ4n) is 2.69. The highest BCUT2D eigenvalue weighted by atomic mass is 16.5. The first-order chi connectivity index (χ1) is 10.6. The number of benzene rings is 1. The van der Waals surface area contributed by atoms with Crippen molar-refractivity contribution in [2.45, 2.75) is 19.3 Å². The molecule has 0 atom stereocenters.